The maximum atomic E-state index is 14.0. The lowest BCUT2D eigenvalue weighted by molar-refractivity contribution is -0.139. The minimum atomic E-state index is -4.31. The van der Waals surface area contributed by atoms with Crippen LogP contribution in [0.2, 0.25) is 0 Å². The van der Waals surface area contributed by atoms with Gasteiger partial charge < -0.3 is 15.2 Å². The molecular weight excluding hydrogens is 565 g/mol. The number of sulfonamides is 1. The molecule has 2 amide bonds. The van der Waals surface area contributed by atoms with Crippen molar-refractivity contribution in [2.45, 2.75) is 55.9 Å². The van der Waals surface area contributed by atoms with Crippen molar-refractivity contribution >= 4 is 21.8 Å². The van der Waals surface area contributed by atoms with Gasteiger partial charge in [-0.1, -0.05) is 25.0 Å². The Hall–Kier alpha value is -4.00. The Labute approximate surface area is 244 Å². The number of amides is 2. The Morgan fingerprint density at radius 2 is 1.62 bits per heavy atom. The van der Waals surface area contributed by atoms with E-state index in [0.29, 0.717) is 37.3 Å². The Morgan fingerprint density at radius 1 is 1.00 bits per heavy atom. The zero-order valence-corrected chi connectivity index (χ0v) is 24.0. The fraction of sp³-hybridized carbons (Fsp3) is 0.333. The average molecular weight is 600 g/mol. The summed E-state index contributed by atoms with van der Waals surface area (Å²) in [6, 6.07) is 16.1. The number of rotatable bonds is 12. The number of benzene rings is 3. The average Bonchev–Trinajstić information content (AvgIpc) is 3.47. The maximum Gasteiger partial charge on any atom is 0.264 e. The van der Waals surface area contributed by atoms with E-state index < -0.39 is 33.2 Å². The van der Waals surface area contributed by atoms with Crippen LogP contribution in [0.5, 0.6) is 17.2 Å². The summed E-state index contributed by atoms with van der Waals surface area (Å²) >= 11 is 0. The molecule has 10 nitrogen and oxygen atoms in total. The molecule has 0 aliphatic heterocycles. The lowest BCUT2D eigenvalue weighted by Gasteiger charge is -2.38. The molecular formula is C30H34FN3O7S. The van der Waals surface area contributed by atoms with E-state index in [1.165, 1.54) is 48.5 Å². The van der Waals surface area contributed by atoms with Crippen LogP contribution in [0.4, 0.5) is 4.39 Å². The molecule has 4 rings (SSSR count). The summed E-state index contributed by atoms with van der Waals surface area (Å²) in [5.41, 5.74) is 1.72. The summed E-state index contributed by atoms with van der Waals surface area (Å²) in [5, 5.41) is 22.0. The van der Waals surface area contributed by atoms with Crippen LogP contribution < -0.4 is 15.5 Å². The van der Waals surface area contributed by atoms with E-state index >= 15 is 0 Å². The molecule has 0 heterocycles. The van der Waals surface area contributed by atoms with Gasteiger partial charge in [0.25, 0.3) is 5.91 Å². The number of nitrogens with zero attached hydrogens (tertiary/aromatic N) is 1. The van der Waals surface area contributed by atoms with Gasteiger partial charge in [-0.05, 0) is 91.9 Å². The molecule has 224 valence electrons. The third-order valence-corrected chi connectivity index (χ3v) is 9.41. The monoisotopic (exact) mass is 599 g/mol. The molecule has 1 fully saturated rings. The van der Waals surface area contributed by atoms with Gasteiger partial charge in [0.2, 0.25) is 15.9 Å². The first kappa shape index (κ1) is 30.9. The summed E-state index contributed by atoms with van der Waals surface area (Å²) in [6.45, 7) is 1.79. The predicted octanol–water partition coefficient (Wildman–Crippen LogP) is 4.19. The number of aryl methyl sites for hydroxylation is 1. The molecule has 3 aromatic rings. The first-order chi connectivity index (χ1) is 20.0. The summed E-state index contributed by atoms with van der Waals surface area (Å²) in [6.07, 6.45) is 1.82. The number of carbonyl (C=O) groups is 2. The minimum absolute atomic E-state index is 0.117. The molecule has 0 radical (unpaired) electrons. The van der Waals surface area contributed by atoms with Crippen molar-refractivity contribution in [3.8, 4) is 17.2 Å². The molecule has 12 heteroatoms. The smallest absolute Gasteiger partial charge is 0.264 e. The number of carbonyl (C=O) groups excluding carboxylic acids is 2. The molecule has 0 atom stereocenters. The quantitative estimate of drug-likeness (QED) is 0.180. The first-order valence-corrected chi connectivity index (χ1v) is 15.1. The molecule has 1 saturated carbocycles. The van der Waals surface area contributed by atoms with Crippen molar-refractivity contribution in [1.29, 1.82) is 0 Å². The minimum Gasteiger partial charge on any atom is -0.508 e. The van der Waals surface area contributed by atoms with E-state index in [2.05, 4.69) is 5.32 Å². The topological polar surface area (TPSA) is 145 Å². The number of phenols is 1. The van der Waals surface area contributed by atoms with Gasteiger partial charge in [0.05, 0.1) is 4.90 Å². The standard InChI is InChI=1S/C30H34FN3O7S/c1-21-20-22(4-13-27(21)35)14-18-32-28(36)15-19-34(30(29(37)33-38)16-2-3-17-30)42(39,40)26-11-9-25(10-12-26)41-24-7-5-23(31)6-8-24/h4-13,20,35,38H,2-3,14-19H2,1H3,(H,32,36)(H,33,37). The van der Waals surface area contributed by atoms with E-state index in [9.17, 15) is 32.7 Å². The number of aromatic hydroxyl groups is 1. The summed E-state index contributed by atoms with van der Waals surface area (Å²) in [4.78, 5) is 25.6. The van der Waals surface area contributed by atoms with Gasteiger partial charge in [-0.25, -0.2) is 18.3 Å². The van der Waals surface area contributed by atoms with Gasteiger partial charge in [0.1, 0.15) is 28.6 Å². The highest BCUT2D eigenvalue weighted by Crippen LogP contribution is 2.39. The van der Waals surface area contributed by atoms with Crippen LogP contribution in [-0.2, 0) is 26.0 Å². The number of hydroxylamine groups is 1. The van der Waals surface area contributed by atoms with E-state index in [1.54, 1.807) is 24.5 Å². The van der Waals surface area contributed by atoms with Crippen molar-refractivity contribution in [2.75, 3.05) is 13.1 Å². The van der Waals surface area contributed by atoms with Gasteiger partial charge >= 0.3 is 0 Å². The Morgan fingerprint density at radius 3 is 2.21 bits per heavy atom. The summed E-state index contributed by atoms with van der Waals surface area (Å²) < 4.78 is 47.8. The lowest BCUT2D eigenvalue weighted by atomic mass is 9.96. The largest absolute Gasteiger partial charge is 0.508 e. The van der Waals surface area contributed by atoms with Gasteiger partial charge in [0.15, 0.2) is 0 Å². The summed E-state index contributed by atoms with van der Waals surface area (Å²) in [5.74, 6) is -0.789. The molecule has 1 aliphatic carbocycles. The van der Waals surface area contributed by atoms with E-state index in [0.717, 1.165) is 15.4 Å². The number of ether oxygens (including phenoxy) is 1. The predicted molar refractivity (Wildman–Crippen MR) is 152 cm³/mol. The maximum absolute atomic E-state index is 14.0. The Bertz CT molecular complexity index is 1510. The Balaban J connectivity index is 1.50. The summed E-state index contributed by atoms with van der Waals surface area (Å²) in [7, 11) is -4.31. The number of halogens is 1. The van der Waals surface area contributed by atoms with Crippen molar-refractivity contribution < 1.29 is 37.4 Å². The second-order valence-corrected chi connectivity index (χ2v) is 12.1. The van der Waals surface area contributed by atoms with E-state index in [1.807, 2.05) is 6.07 Å². The SMILES string of the molecule is Cc1cc(CCNC(=O)CCN(C2(C(=O)NO)CCCC2)S(=O)(=O)c2ccc(Oc3ccc(F)cc3)cc2)ccc1O. The van der Waals surface area contributed by atoms with Gasteiger partial charge in [-0.3, -0.25) is 14.8 Å². The van der Waals surface area contributed by atoms with Crippen molar-refractivity contribution in [1.82, 2.24) is 15.1 Å². The van der Waals surface area contributed by atoms with E-state index in [-0.39, 0.29) is 36.5 Å². The molecule has 42 heavy (non-hydrogen) atoms. The normalized spacial score (nSPS) is 14.5. The number of nitrogens with one attached hydrogen (secondary N) is 2. The zero-order valence-electron chi connectivity index (χ0n) is 23.2. The third kappa shape index (κ3) is 7.07. The number of hydrogen-bond acceptors (Lipinski definition) is 7. The second kappa shape index (κ2) is 13.3. The molecule has 1 aliphatic rings. The molecule has 0 unspecified atom stereocenters. The van der Waals surface area contributed by atoms with Crippen molar-refractivity contribution in [3.63, 3.8) is 0 Å². The molecule has 0 spiro atoms. The van der Waals surface area contributed by atoms with Crippen molar-refractivity contribution in [2.24, 2.45) is 0 Å². The van der Waals surface area contributed by atoms with E-state index in [4.69, 9.17) is 4.74 Å². The second-order valence-electron chi connectivity index (χ2n) is 10.3. The molecule has 0 aromatic heterocycles. The number of hydrogen-bond donors (Lipinski definition) is 4. The van der Waals surface area contributed by atoms with Crippen LogP contribution in [0.3, 0.4) is 0 Å². The van der Waals surface area contributed by atoms with Gasteiger partial charge in [0, 0.05) is 19.5 Å². The fourth-order valence-corrected chi connectivity index (χ4v) is 6.97. The zero-order chi connectivity index (χ0) is 30.3. The molecule has 4 N–H and O–H groups in total. The third-order valence-electron chi connectivity index (χ3n) is 7.43. The molecule has 3 aromatic carbocycles. The highest BCUT2D eigenvalue weighted by atomic mass is 32.2. The van der Waals surface area contributed by atoms with Crippen LogP contribution in [-0.4, -0.2) is 53.5 Å². The van der Waals surface area contributed by atoms with Crippen LogP contribution in [0.25, 0.3) is 0 Å². The lowest BCUT2D eigenvalue weighted by Crippen LogP contribution is -2.59. The highest BCUT2D eigenvalue weighted by molar-refractivity contribution is 7.89. The van der Waals surface area contributed by atoms with Gasteiger partial charge in [-0.2, -0.15) is 4.31 Å². The Kier molecular flexibility index (Phi) is 9.81. The van der Waals surface area contributed by atoms with Crippen LogP contribution in [0.1, 0.15) is 43.2 Å². The molecule has 0 bridgehead atoms. The van der Waals surface area contributed by atoms with Crippen LogP contribution >= 0.6 is 0 Å². The highest BCUT2D eigenvalue weighted by Gasteiger charge is 2.51. The fourth-order valence-electron chi connectivity index (χ4n) is 5.17. The van der Waals surface area contributed by atoms with Gasteiger partial charge in [-0.15, -0.1) is 0 Å². The molecule has 0 saturated heterocycles. The first-order valence-electron chi connectivity index (χ1n) is 13.6. The van der Waals surface area contributed by atoms with Crippen LogP contribution in [0, 0.1) is 12.7 Å². The van der Waals surface area contributed by atoms with Crippen LogP contribution in [0.15, 0.2) is 71.6 Å². The number of phenolic OH excluding ortho intramolecular Hbond substituents is 1. The van der Waals surface area contributed by atoms with Crippen molar-refractivity contribution in [3.05, 3.63) is 83.7 Å².